The van der Waals surface area contributed by atoms with Crippen LogP contribution in [0, 0.1) is 0 Å². The Morgan fingerprint density at radius 1 is 0.553 bits per heavy atom. The number of rotatable bonds is 3. The number of nitrogens with zero attached hydrogens (tertiary/aromatic N) is 5. The van der Waals surface area contributed by atoms with Gasteiger partial charge in [0.25, 0.3) is 0 Å². The van der Waals surface area contributed by atoms with Crippen LogP contribution in [0.3, 0.4) is 0 Å². The maximum Gasteiger partial charge on any atom is 0.138 e. The average molecular weight is 488 g/mol. The topological polar surface area (TPSA) is 47.5 Å². The number of pyridine rings is 3. The van der Waals surface area contributed by atoms with Gasteiger partial charge in [0.15, 0.2) is 0 Å². The molecule has 0 aliphatic carbocycles. The third-order valence-electron chi connectivity index (χ3n) is 7.17. The van der Waals surface area contributed by atoms with Gasteiger partial charge in [0.2, 0.25) is 0 Å². The van der Waals surface area contributed by atoms with E-state index in [1.54, 1.807) is 0 Å². The number of imidazole rings is 2. The van der Waals surface area contributed by atoms with Crippen molar-refractivity contribution >= 4 is 33.2 Å². The van der Waals surface area contributed by atoms with Gasteiger partial charge in [-0.15, -0.1) is 0 Å². The van der Waals surface area contributed by atoms with Crippen LogP contribution in [0.2, 0.25) is 0 Å². The van der Waals surface area contributed by atoms with Gasteiger partial charge in [-0.2, -0.15) is 0 Å². The molecule has 5 nitrogen and oxygen atoms in total. The van der Waals surface area contributed by atoms with E-state index < -0.39 is 0 Å². The van der Waals surface area contributed by atoms with E-state index in [0.717, 1.165) is 61.6 Å². The second-order valence-electron chi connectivity index (χ2n) is 9.43. The highest BCUT2D eigenvalue weighted by Crippen LogP contribution is 2.35. The molecule has 0 aliphatic rings. The molecule has 38 heavy (non-hydrogen) atoms. The van der Waals surface area contributed by atoms with Gasteiger partial charge in [-0.25, -0.2) is 9.97 Å². The molecule has 0 N–H and O–H groups in total. The van der Waals surface area contributed by atoms with Gasteiger partial charge in [0.1, 0.15) is 17.0 Å². The molecule has 3 aromatic carbocycles. The number of fused-ring (bicyclic) bond motifs is 6. The molecule has 5 aromatic heterocycles. The fraction of sp³-hybridized carbons (Fsp3) is 0. The molecule has 0 unspecified atom stereocenters. The predicted octanol–water partition coefficient (Wildman–Crippen LogP) is 7.68. The largest absolute Gasteiger partial charge is 0.299 e. The van der Waals surface area contributed by atoms with Crippen LogP contribution in [-0.2, 0) is 0 Å². The summed E-state index contributed by atoms with van der Waals surface area (Å²) < 4.78 is 4.38. The lowest BCUT2D eigenvalue weighted by atomic mass is 9.99. The van der Waals surface area contributed by atoms with Gasteiger partial charge in [0, 0.05) is 18.0 Å². The third-order valence-corrected chi connectivity index (χ3v) is 7.17. The van der Waals surface area contributed by atoms with Crippen molar-refractivity contribution in [3.63, 3.8) is 0 Å². The summed E-state index contributed by atoms with van der Waals surface area (Å²) in [7, 11) is 0. The van der Waals surface area contributed by atoms with E-state index in [2.05, 4.69) is 92.8 Å². The lowest BCUT2D eigenvalue weighted by molar-refractivity contribution is 1.19. The molecule has 0 bridgehead atoms. The Kier molecular flexibility index (Phi) is 4.45. The van der Waals surface area contributed by atoms with E-state index in [0.29, 0.717) is 0 Å². The summed E-state index contributed by atoms with van der Waals surface area (Å²) in [6, 6.07) is 39.9. The minimum atomic E-state index is 0.860. The first kappa shape index (κ1) is 20.9. The van der Waals surface area contributed by atoms with Crippen LogP contribution in [0.25, 0.3) is 67.0 Å². The molecule has 178 valence electrons. The molecule has 0 saturated carbocycles. The lowest BCUT2D eigenvalue weighted by Crippen LogP contribution is -1.92. The standard InChI is InChI=1S/C33H21N5/c1-2-12-29-26(10-1)35-31-17-15-24-20-23(14-16-28(24)38(29)31)22-8-7-9-25(21-22)33-32(27-11-3-5-18-34-27)36-30-13-4-6-19-37(30)33/h1-21H. The molecule has 0 atom stereocenters. The van der Waals surface area contributed by atoms with E-state index in [9.17, 15) is 0 Å². The van der Waals surface area contributed by atoms with Crippen molar-refractivity contribution in [1.82, 2.24) is 23.8 Å². The fourth-order valence-corrected chi connectivity index (χ4v) is 5.44. The molecular weight excluding hydrogens is 466 g/mol. The zero-order valence-corrected chi connectivity index (χ0v) is 20.4. The summed E-state index contributed by atoms with van der Waals surface area (Å²) in [5.74, 6) is 0. The summed E-state index contributed by atoms with van der Waals surface area (Å²) in [5, 5.41) is 1.17. The average Bonchev–Trinajstić information content (AvgIpc) is 3.56. The quantitative estimate of drug-likeness (QED) is 0.257. The van der Waals surface area contributed by atoms with Crippen molar-refractivity contribution in [2.45, 2.75) is 0 Å². The maximum absolute atomic E-state index is 4.94. The van der Waals surface area contributed by atoms with Gasteiger partial charge < -0.3 is 0 Å². The Bertz CT molecular complexity index is 2140. The first-order valence-electron chi connectivity index (χ1n) is 12.6. The van der Waals surface area contributed by atoms with Crippen molar-refractivity contribution in [2.24, 2.45) is 0 Å². The number of para-hydroxylation sites is 2. The summed E-state index contributed by atoms with van der Waals surface area (Å²) in [6.45, 7) is 0. The highest BCUT2D eigenvalue weighted by molar-refractivity contribution is 5.93. The van der Waals surface area contributed by atoms with E-state index >= 15 is 0 Å². The van der Waals surface area contributed by atoms with Crippen molar-refractivity contribution in [1.29, 1.82) is 0 Å². The van der Waals surface area contributed by atoms with E-state index in [1.807, 2.05) is 48.7 Å². The molecule has 0 radical (unpaired) electrons. The molecule has 0 spiro atoms. The number of hydrogen-bond acceptors (Lipinski definition) is 3. The first-order chi connectivity index (χ1) is 18.8. The molecular formula is C33H21N5. The van der Waals surface area contributed by atoms with Gasteiger partial charge >= 0.3 is 0 Å². The molecule has 5 heterocycles. The summed E-state index contributed by atoms with van der Waals surface area (Å²) in [6.07, 6.45) is 3.88. The Hall–Kier alpha value is -5.29. The highest BCUT2D eigenvalue weighted by atomic mass is 15.0. The van der Waals surface area contributed by atoms with Crippen molar-refractivity contribution < 1.29 is 0 Å². The SMILES string of the molecule is c1ccc(-c2nc3ccccn3c2-c2cccc(-c3ccc4c(ccc5nc6ccccc6n54)c3)c2)nc1. The van der Waals surface area contributed by atoms with Crippen LogP contribution in [-0.4, -0.2) is 23.8 Å². The van der Waals surface area contributed by atoms with Gasteiger partial charge in [-0.1, -0.05) is 48.5 Å². The van der Waals surface area contributed by atoms with Crippen LogP contribution in [0.5, 0.6) is 0 Å². The Balaban J connectivity index is 1.30. The zero-order chi connectivity index (χ0) is 25.1. The molecule has 8 rings (SSSR count). The summed E-state index contributed by atoms with van der Waals surface area (Å²) >= 11 is 0. The number of aromatic nitrogens is 5. The molecule has 0 saturated heterocycles. The second kappa shape index (κ2) is 8.11. The van der Waals surface area contributed by atoms with Crippen LogP contribution in [0.15, 0.2) is 128 Å². The molecule has 0 fully saturated rings. The Labute approximate surface area is 218 Å². The zero-order valence-electron chi connectivity index (χ0n) is 20.4. The van der Waals surface area contributed by atoms with Gasteiger partial charge in [-0.3, -0.25) is 13.8 Å². The second-order valence-corrected chi connectivity index (χ2v) is 9.43. The minimum absolute atomic E-state index is 0.860. The fourth-order valence-electron chi connectivity index (χ4n) is 5.44. The van der Waals surface area contributed by atoms with Crippen LogP contribution in [0.4, 0.5) is 0 Å². The van der Waals surface area contributed by atoms with Crippen molar-refractivity contribution in [3.8, 4) is 33.8 Å². The number of benzene rings is 3. The molecule has 0 aliphatic heterocycles. The predicted molar refractivity (Wildman–Crippen MR) is 153 cm³/mol. The lowest BCUT2D eigenvalue weighted by Gasteiger charge is -2.10. The summed E-state index contributed by atoms with van der Waals surface area (Å²) in [4.78, 5) is 14.3. The van der Waals surface area contributed by atoms with Crippen molar-refractivity contribution in [3.05, 3.63) is 128 Å². The van der Waals surface area contributed by atoms with Crippen LogP contribution >= 0.6 is 0 Å². The van der Waals surface area contributed by atoms with Gasteiger partial charge in [-0.05, 0) is 83.2 Å². The Morgan fingerprint density at radius 2 is 1.42 bits per heavy atom. The summed E-state index contributed by atoms with van der Waals surface area (Å²) in [5.41, 5.74) is 11.3. The van der Waals surface area contributed by atoms with Crippen LogP contribution < -0.4 is 0 Å². The monoisotopic (exact) mass is 487 g/mol. The van der Waals surface area contributed by atoms with E-state index in [4.69, 9.17) is 9.97 Å². The van der Waals surface area contributed by atoms with E-state index in [-0.39, 0.29) is 0 Å². The van der Waals surface area contributed by atoms with E-state index in [1.165, 1.54) is 5.39 Å². The molecule has 0 amide bonds. The molecule has 5 heteroatoms. The van der Waals surface area contributed by atoms with Crippen molar-refractivity contribution in [2.75, 3.05) is 0 Å². The molecule has 8 aromatic rings. The maximum atomic E-state index is 4.94. The van der Waals surface area contributed by atoms with Crippen LogP contribution in [0.1, 0.15) is 0 Å². The smallest absolute Gasteiger partial charge is 0.138 e. The third kappa shape index (κ3) is 3.15. The number of hydrogen-bond donors (Lipinski definition) is 0. The Morgan fingerprint density at radius 3 is 2.37 bits per heavy atom. The first-order valence-corrected chi connectivity index (χ1v) is 12.6. The minimum Gasteiger partial charge on any atom is -0.299 e. The normalized spacial score (nSPS) is 11.7. The van der Waals surface area contributed by atoms with Gasteiger partial charge in [0.05, 0.1) is 27.9 Å². The highest BCUT2D eigenvalue weighted by Gasteiger charge is 2.17.